The standard InChI is InChI=1S/C14H17Cl2N3O4/c1-7(2)19-11(20)5-18-12(21)6-23-14(22)9-3-8(15)4-10(16)13(9)17/h3-4,7H,5-6,17H2,1-2H3,(H,18,21)(H,19,20). The minimum atomic E-state index is -0.839. The number of esters is 1. The van der Waals surface area contributed by atoms with Crippen molar-refractivity contribution in [3.05, 3.63) is 27.7 Å². The van der Waals surface area contributed by atoms with Crippen LogP contribution < -0.4 is 16.4 Å². The molecular weight excluding hydrogens is 345 g/mol. The third-order valence-electron chi connectivity index (χ3n) is 2.54. The van der Waals surface area contributed by atoms with Gasteiger partial charge >= 0.3 is 5.97 Å². The van der Waals surface area contributed by atoms with Gasteiger partial charge in [0.15, 0.2) is 6.61 Å². The van der Waals surface area contributed by atoms with Gasteiger partial charge in [0, 0.05) is 11.1 Å². The smallest absolute Gasteiger partial charge is 0.340 e. The van der Waals surface area contributed by atoms with Crippen LogP contribution in [-0.4, -0.2) is 37.0 Å². The van der Waals surface area contributed by atoms with E-state index < -0.39 is 18.5 Å². The molecule has 0 spiro atoms. The molecule has 0 aliphatic heterocycles. The van der Waals surface area contributed by atoms with Crippen molar-refractivity contribution >= 4 is 46.7 Å². The molecule has 0 unspecified atom stereocenters. The van der Waals surface area contributed by atoms with Gasteiger partial charge in [-0.1, -0.05) is 23.2 Å². The molecule has 0 saturated heterocycles. The molecule has 7 nitrogen and oxygen atoms in total. The van der Waals surface area contributed by atoms with Crippen LogP contribution >= 0.6 is 23.2 Å². The number of halogens is 2. The molecule has 0 atom stereocenters. The highest BCUT2D eigenvalue weighted by molar-refractivity contribution is 6.37. The van der Waals surface area contributed by atoms with E-state index in [1.807, 2.05) is 0 Å². The summed E-state index contributed by atoms with van der Waals surface area (Å²) in [5.41, 5.74) is 5.64. The first-order chi connectivity index (χ1) is 10.7. The Hall–Kier alpha value is -1.99. The third-order valence-corrected chi connectivity index (χ3v) is 3.08. The SMILES string of the molecule is CC(C)NC(=O)CNC(=O)COC(=O)c1cc(Cl)cc(Cl)c1N. The third kappa shape index (κ3) is 6.33. The lowest BCUT2D eigenvalue weighted by atomic mass is 10.2. The zero-order valence-corrected chi connectivity index (χ0v) is 14.1. The van der Waals surface area contributed by atoms with E-state index in [1.54, 1.807) is 13.8 Å². The zero-order valence-electron chi connectivity index (χ0n) is 12.6. The van der Waals surface area contributed by atoms with Crippen LogP contribution in [0.2, 0.25) is 10.0 Å². The monoisotopic (exact) mass is 361 g/mol. The molecule has 1 aromatic rings. The lowest BCUT2D eigenvalue weighted by Gasteiger charge is -2.10. The van der Waals surface area contributed by atoms with Crippen LogP contribution in [0.4, 0.5) is 5.69 Å². The number of ether oxygens (including phenoxy) is 1. The van der Waals surface area contributed by atoms with E-state index in [4.69, 9.17) is 33.7 Å². The lowest BCUT2D eigenvalue weighted by Crippen LogP contribution is -2.41. The molecular formula is C14H17Cl2N3O4. The number of nitrogen functional groups attached to an aromatic ring is 1. The van der Waals surface area contributed by atoms with Gasteiger partial charge in [-0.15, -0.1) is 0 Å². The molecule has 4 N–H and O–H groups in total. The quantitative estimate of drug-likeness (QED) is 0.523. The molecule has 9 heteroatoms. The predicted molar refractivity (Wildman–Crippen MR) is 87.4 cm³/mol. The van der Waals surface area contributed by atoms with E-state index in [0.717, 1.165) is 0 Å². The Kier molecular flexibility index (Phi) is 7.12. The van der Waals surface area contributed by atoms with E-state index in [2.05, 4.69) is 10.6 Å². The summed E-state index contributed by atoms with van der Waals surface area (Å²) in [6.07, 6.45) is 0. The van der Waals surface area contributed by atoms with Crippen molar-refractivity contribution in [1.29, 1.82) is 0 Å². The van der Waals surface area contributed by atoms with E-state index >= 15 is 0 Å². The fourth-order valence-corrected chi connectivity index (χ4v) is 2.06. The average molecular weight is 362 g/mol. The first-order valence-electron chi connectivity index (χ1n) is 6.68. The Morgan fingerprint density at radius 1 is 1.22 bits per heavy atom. The van der Waals surface area contributed by atoms with Gasteiger partial charge in [0.2, 0.25) is 5.91 Å². The minimum Gasteiger partial charge on any atom is -0.452 e. The summed E-state index contributed by atoms with van der Waals surface area (Å²) in [5.74, 6) is -1.80. The number of nitrogens with two attached hydrogens (primary N) is 1. The predicted octanol–water partition coefficient (Wildman–Crippen LogP) is 1.37. The molecule has 126 valence electrons. The first kappa shape index (κ1) is 19.1. The van der Waals surface area contributed by atoms with Crippen molar-refractivity contribution in [3.8, 4) is 0 Å². The summed E-state index contributed by atoms with van der Waals surface area (Å²) in [6, 6.07) is 2.64. The van der Waals surface area contributed by atoms with Crippen LogP contribution in [0.25, 0.3) is 0 Å². The second-order valence-electron chi connectivity index (χ2n) is 4.92. The van der Waals surface area contributed by atoms with Crippen molar-refractivity contribution < 1.29 is 19.1 Å². The van der Waals surface area contributed by atoms with Crippen LogP contribution in [0.5, 0.6) is 0 Å². The van der Waals surface area contributed by atoms with Crippen molar-refractivity contribution in [2.24, 2.45) is 0 Å². The number of nitrogens with one attached hydrogen (secondary N) is 2. The summed E-state index contributed by atoms with van der Waals surface area (Å²) >= 11 is 11.6. The van der Waals surface area contributed by atoms with Gasteiger partial charge in [-0.2, -0.15) is 0 Å². The van der Waals surface area contributed by atoms with Crippen LogP contribution in [0.3, 0.4) is 0 Å². The fourth-order valence-electron chi connectivity index (χ4n) is 1.57. The maximum atomic E-state index is 11.9. The molecule has 0 aromatic heterocycles. The number of amides is 2. The summed E-state index contributed by atoms with van der Waals surface area (Å²) < 4.78 is 4.81. The first-order valence-corrected chi connectivity index (χ1v) is 7.44. The number of carbonyl (C=O) groups is 3. The number of rotatable bonds is 6. The van der Waals surface area contributed by atoms with Crippen molar-refractivity contribution in [1.82, 2.24) is 10.6 Å². The number of anilines is 1. The molecule has 1 rings (SSSR count). The highest BCUT2D eigenvalue weighted by Crippen LogP contribution is 2.27. The molecule has 23 heavy (non-hydrogen) atoms. The van der Waals surface area contributed by atoms with Crippen molar-refractivity contribution in [3.63, 3.8) is 0 Å². The molecule has 0 fully saturated rings. The average Bonchev–Trinajstić information content (AvgIpc) is 2.45. The summed E-state index contributed by atoms with van der Waals surface area (Å²) in [5, 5.41) is 5.25. The normalized spacial score (nSPS) is 10.3. The maximum Gasteiger partial charge on any atom is 0.340 e. The van der Waals surface area contributed by atoms with Crippen molar-refractivity contribution in [2.75, 3.05) is 18.9 Å². The van der Waals surface area contributed by atoms with Gasteiger partial charge < -0.3 is 21.1 Å². The van der Waals surface area contributed by atoms with Crippen molar-refractivity contribution in [2.45, 2.75) is 19.9 Å². The molecule has 0 saturated carbocycles. The lowest BCUT2D eigenvalue weighted by molar-refractivity contribution is -0.128. The molecule has 0 aliphatic rings. The molecule has 2 amide bonds. The highest BCUT2D eigenvalue weighted by atomic mass is 35.5. The van der Waals surface area contributed by atoms with Gasteiger partial charge in [0.1, 0.15) is 0 Å². The van der Waals surface area contributed by atoms with Gasteiger partial charge in [-0.25, -0.2) is 4.79 Å². The summed E-state index contributed by atoms with van der Waals surface area (Å²) in [7, 11) is 0. The molecule has 0 radical (unpaired) electrons. The Morgan fingerprint density at radius 3 is 2.48 bits per heavy atom. The van der Waals surface area contributed by atoms with Gasteiger partial charge in [-0.05, 0) is 26.0 Å². The molecule has 1 aromatic carbocycles. The Morgan fingerprint density at radius 2 is 1.87 bits per heavy atom. The van der Waals surface area contributed by atoms with Gasteiger partial charge in [-0.3, -0.25) is 9.59 Å². The minimum absolute atomic E-state index is 0.0118. The van der Waals surface area contributed by atoms with Crippen LogP contribution in [0.15, 0.2) is 12.1 Å². The van der Waals surface area contributed by atoms with E-state index in [-0.39, 0.29) is 39.8 Å². The van der Waals surface area contributed by atoms with Gasteiger partial charge in [0.25, 0.3) is 5.91 Å². The second kappa shape index (κ2) is 8.59. The molecule has 0 aliphatic carbocycles. The van der Waals surface area contributed by atoms with Crippen LogP contribution in [0.1, 0.15) is 24.2 Å². The maximum absolute atomic E-state index is 11.9. The summed E-state index contributed by atoms with van der Waals surface area (Å²) in [6.45, 7) is 2.82. The van der Waals surface area contributed by atoms with E-state index in [0.29, 0.717) is 0 Å². The molecule has 0 bridgehead atoms. The van der Waals surface area contributed by atoms with Crippen LogP contribution in [0, 0.1) is 0 Å². The Balaban J connectivity index is 2.50. The van der Waals surface area contributed by atoms with Gasteiger partial charge in [0.05, 0.1) is 22.8 Å². The fraction of sp³-hybridized carbons (Fsp3) is 0.357. The zero-order chi connectivity index (χ0) is 17.6. The summed E-state index contributed by atoms with van der Waals surface area (Å²) in [4.78, 5) is 34.8. The topological polar surface area (TPSA) is 111 Å². The number of carbonyl (C=O) groups excluding carboxylic acids is 3. The number of hydrogen-bond donors (Lipinski definition) is 3. The van der Waals surface area contributed by atoms with E-state index in [1.165, 1.54) is 12.1 Å². The Labute approximate surface area is 143 Å². The second-order valence-corrected chi connectivity index (χ2v) is 5.77. The van der Waals surface area contributed by atoms with E-state index in [9.17, 15) is 14.4 Å². The molecule has 0 heterocycles. The highest BCUT2D eigenvalue weighted by Gasteiger charge is 2.16. The Bertz CT molecular complexity index is 620. The number of hydrogen-bond acceptors (Lipinski definition) is 5. The van der Waals surface area contributed by atoms with Crippen LogP contribution in [-0.2, 0) is 14.3 Å². The number of benzene rings is 1. The largest absolute Gasteiger partial charge is 0.452 e.